The maximum atomic E-state index is 12.7. The summed E-state index contributed by atoms with van der Waals surface area (Å²) >= 11 is 0. The number of carbonyl (C=O) groups excluding carboxylic acids is 3. The number of amides is 3. The molecule has 0 aromatic rings. The minimum Gasteiger partial charge on any atom is -0.481 e. The van der Waals surface area contributed by atoms with Crippen LogP contribution in [-0.2, 0) is 28.8 Å². The van der Waals surface area contributed by atoms with Gasteiger partial charge in [-0.25, -0.2) is 4.79 Å². The van der Waals surface area contributed by atoms with Gasteiger partial charge in [0, 0.05) is 13.0 Å². The van der Waals surface area contributed by atoms with Crippen molar-refractivity contribution in [2.45, 2.75) is 56.3 Å². The lowest BCUT2D eigenvalue weighted by atomic mass is 10.1. The molecule has 198 valence electrons. The van der Waals surface area contributed by atoms with Crippen molar-refractivity contribution in [1.29, 1.82) is 0 Å². The SMILES string of the molecule is NC(N)=NCCC[C@H](NC(=O)[C@@H](N)CC(=O)O)C(=O)N[C@@H](CO)C(=O)N[C@@H](CCC(=O)O)C(=O)O. The molecule has 0 fully saturated rings. The quantitative estimate of drug-likeness (QED) is 0.0504. The van der Waals surface area contributed by atoms with Crippen molar-refractivity contribution < 1.29 is 49.2 Å². The zero-order valence-electron chi connectivity index (χ0n) is 18.7. The molecule has 0 saturated heterocycles. The van der Waals surface area contributed by atoms with Crippen molar-refractivity contribution in [3.8, 4) is 0 Å². The highest BCUT2D eigenvalue weighted by Gasteiger charge is 2.30. The zero-order valence-corrected chi connectivity index (χ0v) is 18.7. The number of guanidine groups is 1. The summed E-state index contributed by atoms with van der Waals surface area (Å²) in [5, 5.41) is 42.5. The van der Waals surface area contributed by atoms with E-state index in [1.165, 1.54) is 0 Å². The van der Waals surface area contributed by atoms with E-state index in [0.29, 0.717) is 0 Å². The maximum absolute atomic E-state index is 12.7. The molecule has 0 aliphatic rings. The number of hydrogen-bond acceptors (Lipinski definition) is 9. The van der Waals surface area contributed by atoms with Gasteiger partial charge >= 0.3 is 17.9 Å². The van der Waals surface area contributed by atoms with Gasteiger partial charge in [-0.05, 0) is 19.3 Å². The van der Waals surface area contributed by atoms with Crippen molar-refractivity contribution in [2.24, 2.45) is 22.2 Å². The Morgan fingerprint density at radius 1 is 0.771 bits per heavy atom. The lowest BCUT2D eigenvalue weighted by molar-refractivity contribution is -0.143. The number of nitrogens with one attached hydrogen (secondary N) is 3. The first-order valence-electron chi connectivity index (χ1n) is 10.3. The van der Waals surface area contributed by atoms with Crippen LogP contribution in [0.4, 0.5) is 0 Å². The molecule has 17 heteroatoms. The number of aliphatic hydroxyl groups excluding tert-OH is 1. The van der Waals surface area contributed by atoms with Crippen LogP contribution in [-0.4, -0.2) is 99.3 Å². The molecule has 17 nitrogen and oxygen atoms in total. The number of carbonyl (C=O) groups is 6. The second kappa shape index (κ2) is 15.8. The fourth-order valence-electron chi connectivity index (χ4n) is 2.60. The number of hydrogen-bond donors (Lipinski definition) is 10. The van der Waals surface area contributed by atoms with Crippen LogP contribution < -0.4 is 33.2 Å². The van der Waals surface area contributed by atoms with E-state index < -0.39 is 85.7 Å². The lowest BCUT2D eigenvalue weighted by Gasteiger charge is -2.24. The molecular formula is C18H31N7O10. The van der Waals surface area contributed by atoms with Crippen LogP contribution in [0.5, 0.6) is 0 Å². The van der Waals surface area contributed by atoms with E-state index >= 15 is 0 Å². The van der Waals surface area contributed by atoms with Crippen molar-refractivity contribution in [2.75, 3.05) is 13.2 Å². The molecule has 0 aliphatic heterocycles. The molecule has 35 heavy (non-hydrogen) atoms. The topological polar surface area (TPSA) is 310 Å². The first-order valence-corrected chi connectivity index (χ1v) is 10.3. The van der Waals surface area contributed by atoms with Crippen LogP contribution in [0.1, 0.15) is 32.1 Å². The first kappa shape index (κ1) is 31.0. The summed E-state index contributed by atoms with van der Waals surface area (Å²) < 4.78 is 0. The number of carboxylic acid groups (broad SMARTS) is 3. The molecule has 0 unspecified atom stereocenters. The van der Waals surface area contributed by atoms with Crippen LogP contribution in [0.2, 0.25) is 0 Å². The number of aliphatic carboxylic acids is 3. The Morgan fingerprint density at radius 3 is 1.80 bits per heavy atom. The Kier molecular flexibility index (Phi) is 14.0. The third kappa shape index (κ3) is 13.3. The van der Waals surface area contributed by atoms with Gasteiger partial charge < -0.3 is 53.6 Å². The Morgan fingerprint density at radius 2 is 1.31 bits per heavy atom. The van der Waals surface area contributed by atoms with Gasteiger partial charge in [0.25, 0.3) is 0 Å². The predicted molar refractivity (Wildman–Crippen MR) is 118 cm³/mol. The fourth-order valence-corrected chi connectivity index (χ4v) is 2.60. The molecule has 0 radical (unpaired) electrons. The molecule has 3 amide bonds. The van der Waals surface area contributed by atoms with Crippen LogP contribution in [0.15, 0.2) is 4.99 Å². The number of nitrogens with two attached hydrogens (primary N) is 3. The summed E-state index contributed by atoms with van der Waals surface area (Å²) in [6.45, 7) is -0.896. The van der Waals surface area contributed by atoms with Crippen LogP contribution in [0.3, 0.4) is 0 Å². The van der Waals surface area contributed by atoms with Gasteiger partial charge in [0.2, 0.25) is 17.7 Å². The van der Waals surface area contributed by atoms with Gasteiger partial charge in [-0.2, -0.15) is 0 Å². The molecule has 0 aromatic carbocycles. The van der Waals surface area contributed by atoms with Crippen molar-refractivity contribution >= 4 is 41.6 Å². The van der Waals surface area contributed by atoms with E-state index in [0.717, 1.165) is 0 Å². The number of carboxylic acids is 3. The van der Waals surface area contributed by atoms with Gasteiger partial charge in [-0.3, -0.25) is 29.0 Å². The van der Waals surface area contributed by atoms with E-state index in [9.17, 15) is 33.9 Å². The number of aliphatic imine (C=N–C) groups is 1. The fraction of sp³-hybridized carbons (Fsp3) is 0.611. The van der Waals surface area contributed by atoms with E-state index in [1.54, 1.807) is 0 Å². The predicted octanol–water partition coefficient (Wildman–Crippen LogP) is -4.76. The first-order chi connectivity index (χ1) is 16.3. The molecule has 4 atom stereocenters. The minimum atomic E-state index is -1.65. The Labute approximate surface area is 199 Å². The second-order valence-electron chi connectivity index (χ2n) is 7.29. The van der Waals surface area contributed by atoms with Crippen LogP contribution >= 0.6 is 0 Å². The second-order valence-corrected chi connectivity index (χ2v) is 7.29. The van der Waals surface area contributed by atoms with Gasteiger partial charge in [0.15, 0.2) is 5.96 Å². The third-order valence-corrected chi connectivity index (χ3v) is 4.39. The van der Waals surface area contributed by atoms with Gasteiger partial charge in [-0.1, -0.05) is 0 Å². The standard InChI is InChI=1S/C18H31N7O10/c19-8(6-13(29)30)14(31)23-9(2-1-5-22-18(20)21)15(32)25-11(7-26)16(33)24-10(17(34)35)3-4-12(27)28/h8-11,26H,1-7,19H2,(H,23,31)(H,24,33)(H,25,32)(H,27,28)(H,29,30)(H,34,35)(H4,20,21,22)/t8-,9-,10-,11-/m0/s1. The van der Waals surface area contributed by atoms with Crippen molar-refractivity contribution in [1.82, 2.24) is 16.0 Å². The largest absolute Gasteiger partial charge is 0.481 e. The number of rotatable bonds is 17. The molecule has 0 spiro atoms. The van der Waals surface area contributed by atoms with Crippen molar-refractivity contribution in [3.63, 3.8) is 0 Å². The van der Waals surface area contributed by atoms with Gasteiger partial charge in [0.05, 0.1) is 19.1 Å². The summed E-state index contributed by atoms with van der Waals surface area (Å²) in [6, 6.07) is -6.09. The van der Waals surface area contributed by atoms with E-state index in [1.807, 2.05) is 5.32 Å². The lowest BCUT2D eigenvalue weighted by Crippen LogP contribution is -2.58. The molecule has 0 aliphatic carbocycles. The normalized spacial score (nSPS) is 13.9. The molecule has 0 saturated carbocycles. The maximum Gasteiger partial charge on any atom is 0.326 e. The summed E-state index contributed by atoms with van der Waals surface area (Å²) in [4.78, 5) is 73.7. The van der Waals surface area contributed by atoms with Crippen LogP contribution in [0, 0.1) is 0 Å². The van der Waals surface area contributed by atoms with Gasteiger partial charge in [-0.15, -0.1) is 0 Å². The third-order valence-electron chi connectivity index (χ3n) is 4.39. The zero-order chi connectivity index (χ0) is 27.1. The Hall–Kier alpha value is -3.99. The minimum absolute atomic E-state index is 0.0664. The Balaban J connectivity index is 5.38. The highest BCUT2D eigenvalue weighted by Crippen LogP contribution is 2.03. The van der Waals surface area contributed by atoms with E-state index in [-0.39, 0.29) is 25.3 Å². The molecular weight excluding hydrogens is 474 g/mol. The summed E-state index contributed by atoms with van der Waals surface area (Å²) in [5.74, 6) is -7.46. The average molecular weight is 505 g/mol. The summed E-state index contributed by atoms with van der Waals surface area (Å²) in [7, 11) is 0. The summed E-state index contributed by atoms with van der Waals surface area (Å²) in [6.07, 6.45) is -1.65. The van der Waals surface area contributed by atoms with E-state index in [2.05, 4.69) is 15.6 Å². The number of aliphatic hydroxyl groups is 1. The average Bonchev–Trinajstić information content (AvgIpc) is 2.75. The van der Waals surface area contributed by atoms with Crippen molar-refractivity contribution in [3.05, 3.63) is 0 Å². The monoisotopic (exact) mass is 505 g/mol. The highest BCUT2D eigenvalue weighted by molar-refractivity contribution is 5.94. The summed E-state index contributed by atoms with van der Waals surface area (Å²) in [5.41, 5.74) is 15.9. The molecule has 13 N–H and O–H groups in total. The van der Waals surface area contributed by atoms with Crippen LogP contribution in [0.25, 0.3) is 0 Å². The van der Waals surface area contributed by atoms with E-state index in [4.69, 9.17) is 32.5 Å². The smallest absolute Gasteiger partial charge is 0.326 e. The molecule has 0 bridgehead atoms. The molecule has 0 rings (SSSR count). The molecule has 0 aromatic heterocycles. The highest BCUT2D eigenvalue weighted by atomic mass is 16.4. The van der Waals surface area contributed by atoms with Gasteiger partial charge in [0.1, 0.15) is 18.1 Å². The Bertz CT molecular complexity index is 815. The molecule has 0 heterocycles. The number of nitrogens with zero attached hydrogens (tertiary/aromatic N) is 1.